The molecule has 0 saturated heterocycles. The highest BCUT2D eigenvalue weighted by atomic mass is 16.3. The van der Waals surface area contributed by atoms with Gasteiger partial charge < -0.3 is 5.11 Å². The number of aliphatic hydroxyl groups is 1. The molecule has 3 aliphatic carbocycles. The van der Waals surface area contributed by atoms with E-state index in [0.717, 1.165) is 6.42 Å². The topological polar surface area (TPSA) is 20.2 Å². The number of allylic oxidation sites excluding steroid dienone is 2. The molecule has 1 spiro atoms. The molecule has 0 radical (unpaired) electrons. The Bertz CT molecular complexity index is 366. The summed E-state index contributed by atoms with van der Waals surface area (Å²) in [6.45, 7) is 4.85. The minimum atomic E-state index is -0.0296. The van der Waals surface area contributed by atoms with Crippen LogP contribution in [0.3, 0.4) is 0 Å². The molecule has 0 aromatic rings. The molecule has 0 heterocycles. The number of aliphatic hydroxyl groups excluding tert-OH is 1. The molecule has 0 aromatic carbocycles. The van der Waals surface area contributed by atoms with Crippen LogP contribution in [0.5, 0.6) is 0 Å². The molecule has 1 fully saturated rings. The van der Waals surface area contributed by atoms with Gasteiger partial charge >= 0.3 is 0 Å². The fourth-order valence-electron chi connectivity index (χ4n) is 4.79. The predicted molar refractivity (Wildman–Crippen MR) is 75.4 cm³/mol. The van der Waals surface area contributed by atoms with Crippen LogP contribution in [0, 0.1) is 10.8 Å². The van der Waals surface area contributed by atoms with Gasteiger partial charge in [-0.1, -0.05) is 37.8 Å². The highest BCUT2D eigenvalue weighted by Gasteiger charge is 2.45. The van der Waals surface area contributed by atoms with Gasteiger partial charge in [0.15, 0.2) is 0 Å². The molecule has 1 nitrogen and oxygen atoms in total. The van der Waals surface area contributed by atoms with Crippen LogP contribution < -0.4 is 0 Å². The molecule has 102 valence electrons. The predicted octanol–water partition coefficient (Wildman–Crippen LogP) is 4.60. The largest absolute Gasteiger partial charge is 0.393 e. The highest BCUT2D eigenvalue weighted by Crippen LogP contribution is 2.56. The van der Waals surface area contributed by atoms with Crippen LogP contribution in [0.2, 0.25) is 0 Å². The van der Waals surface area contributed by atoms with Crippen molar-refractivity contribution in [3.05, 3.63) is 11.1 Å². The lowest BCUT2D eigenvalue weighted by molar-refractivity contribution is -0.0261. The summed E-state index contributed by atoms with van der Waals surface area (Å²) >= 11 is 0. The smallest absolute Gasteiger partial charge is 0.0599 e. The summed E-state index contributed by atoms with van der Waals surface area (Å²) in [5, 5.41) is 10.5. The third-order valence-electron chi connectivity index (χ3n) is 6.09. The van der Waals surface area contributed by atoms with Crippen molar-refractivity contribution in [1.29, 1.82) is 0 Å². The minimum absolute atomic E-state index is 0.0296. The molecule has 0 amide bonds. The van der Waals surface area contributed by atoms with E-state index in [1.165, 1.54) is 57.8 Å². The normalized spacial score (nSPS) is 39.8. The molecule has 3 rings (SSSR count). The Morgan fingerprint density at radius 3 is 2.61 bits per heavy atom. The summed E-state index contributed by atoms with van der Waals surface area (Å²) in [7, 11) is 0. The zero-order valence-corrected chi connectivity index (χ0v) is 12.1. The van der Waals surface area contributed by atoms with Crippen molar-refractivity contribution in [3.8, 4) is 0 Å². The third kappa shape index (κ3) is 1.95. The maximum Gasteiger partial charge on any atom is 0.0599 e. The summed E-state index contributed by atoms with van der Waals surface area (Å²) in [5.74, 6) is 0. The molecule has 0 aromatic heterocycles. The second kappa shape index (κ2) is 4.37. The maximum absolute atomic E-state index is 10.5. The van der Waals surface area contributed by atoms with E-state index < -0.39 is 0 Å². The Morgan fingerprint density at radius 2 is 1.83 bits per heavy atom. The number of rotatable bonds is 0. The first kappa shape index (κ1) is 12.7. The van der Waals surface area contributed by atoms with E-state index in [2.05, 4.69) is 13.8 Å². The zero-order chi connectivity index (χ0) is 12.8. The molecule has 1 N–H and O–H groups in total. The van der Waals surface area contributed by atoms with Crippen molar-refractivity contribution in [2.45, 2.75) is 84.2 Å². The lowest BCUT2D eigenvalue weighted by Crippen LogP contribution is -2.42. The molecular formula is C17H28O. The lowest BCUT2D eigenvalue weighted by Gasteiger charge is -2.50. The van der Waals surface area contributed by atoms with Gasteiger partial charge in [-0.05, 0) is 56.8 Å². The Balaban J connectivity index is 1.90. The van der Waals surface area contributed by atoms with Crippen molar-refractivity contribution in [2.24, 2.45) is 10.8 Å². The third-order valence-corrected chi connectivity index (χ3v) is 6.09. The molecule has 18 heavy (non-hydrogen) atoms. The van der Waals surface area contributed by atoms with Crippen molar-refractivity contribution in [3.63, 3.8) is 0 Å². The van der Waals surface area contributed by atoms with E-state index in [4.69, 9.17) is 0 Å². The average molecular weight is 248 g/mol. The van der Waals surface area contributed by atoms with Crippen LogP contribution in [0.25, 0.3) is 0 Å². The summed E-state index contributed by atoms with van der Waals surface area (Å²) in [6, 6.07) is 0. The first-order chi connectivity index (χ1) is 8.54. The standard InChI is InChI=1S/C17H28O/c1-16(2)9-5-6-13-8-11-17(12-14(13)16)10-4-3-7-15(17)18/h15,18H,3-12H2,1-2H3. The molecule has 2 unspecified atom stereocenters. The van der Waals surface area contributed by atoms with Gasteiger partial charge in [-0.3, -0.25) is 0 Å². The summed E-state index contributed by atoms with van der Waals surface area (Å²) < 4.78 is 0. The van der Waals surface area contributed by atoms with Gasteiger partial charge in [-0.2, -0.15) is 0 Å². The van der Waals surface area contributed by atoms with Crippen LogP contribution in [-0.2, 0) is 0 Å². The molecule has 3 aliphatic rings. The lowest BCUT2D eigenvalue weighted by atomic mass is 9.56. The molecule has 0 bridgehead atoms. The average Bonchev–Trinajstić information content (AvgIpc) is 2.34. The molecule has 2 atom stereocenters. The first-order valence-electron chi connectivity index (χ1n) is 7.93. The second-order valence-corrected chi connectivity index (χ2v) is 7.62. The fraction of sp³-hybridized carbons (Fsp3) is 0.882. The van der Waals surface area contributed by atoms with Gasteiger partial charge in [-0.15, -0.1) is 0 Å². The van der Waals surface area contributed by atoms with Gasteiger partial charge in [0, 0.05) is 5.41 Å². The first-order valence-corrected chi connectivity index (χ1v) is 7.93. The summed E-state index contributed by atoms with van der Waals surface area (Å²) in [6.07, 6.45) is 12.6. The Kier molecular flexibility index (Phi) is 3.09. The van der Waals surface area contributed by atoms with E-state index in [9.17, 15) is 5.11 Å². The van der Waals surface area contributed by atoms with Crippen LogP contribution >= 0.6 is 0 Å². The Morgan fingerprint density at radius 1 is 1.00 bits per heavy atom. The summed E-state index contributed by atoms with van der Waals surface area (Å²) in [4.78, 5) is 0. The van der Waals surface area contributed by atoms with Crippen LogP contribution in [0.1, 0.15) is 78.1 Å². The van der Waals surface area contributed by atoms with Crippen LogP contribution in [-0.4, -0.2) is 11.2 Å². The van der Waals surface area contributed by atoms with E-state index in [-0.39, 0.29) is 11.5 Å². The number of hydrogen-bond acceptors (Lipinski definition) is 1. The fourth-order valence-corrected chi connectivity index (χ4v) is 4.79. The van der Waals surface area contributed by atoms with Gasteiger partial charge in [0.05, 0.1) is 6.10 Å². The maximum atomic E-state index is 10.5. The zero-order valence-electron chi connectivity index (χ0n) is 12.1. The van der Waals surface area contributed by atoms with E-state index in [0.29, 0.717) is 5.41 Å². The number of hydrogen-bond donors (Lipinski definition) is 1. The molecule has 1 saturated carbocycles. The van der Waals surface area contributed by atoms with Crippen molar-refractivity contribution < 1.29 is 5.11 Å². The second-order valence-electron chi connectivity index (χ2n) is 7.62. The molecular weight excluding hydrogens is 220 g/mol. The van der Waals surface area contributed by atoms with Gasteiger partial charge in [0.1, 0.15) is 0 Å². The van der Waals surface area contributed by atoms with Crippen molar-refractivity contribution in [2.75, 3.05) is 0 Å². The Labute approximate surface area is 112 Å². The van der Waals surface area contributed by atoms with E-state index in [1.54, 1.807) is 11.1 Å². The minimum Gasteiger partial charge on any atom is -0.393 e. The summed E-state index contributed by atoms with van der Waals surface area (Å²) in [5.41, 5.74) is 4.15. The van der Waals surface area contributed by atoms with Crippen molar-refractivity contribution in [1.82, 2.24) is 0 Å². The van der Waals surface area contributed by atoms with Gasteiger partial charge in [-0.25, -0.2) is 0 Å². The molecule has 1 heteroatoms. The molecule has 0 aliphatic heterocycles. The highest BCUT2D eigenvalue weighted by molar-refractivity contribution is 5.29. The van der Waals surface area contributed by atoms with Crippen LogP contribution in [0.15, 0.2) is 11.1 Å². The van der Waals surface area contributed by atoms with Crippen molar-refractivity contribution >= 4 is 0 Å². The van der Waals surface area contributed by atoms with E-state index >= 15 is 0 Å². The van der Waals surface area contributed by atoms with Crippen LogP contribution in [0.4, 0.5) is 0 Å². The monoisotopic (exact) mass is 248 g/mol. The SMILES string of the molecule is CC1(C)CCCC2=C1CC1(CCCCC1O)CC2. The van der Waals surface area contributed by atoms with Gasteiger partial charge in [0.25, 0.3) is 0 Å². The Hall–Kier alpha value is -0.300. The van der Waals surface area contributed by atoms with E-state index in [1.807, 2.05) is 0 Å². The van der Waals surface area contributed by atoms with Gasteiger partial charge in [0.2, 0.25) is 0 Å². The quantitative estimate of drug-likeness (QED) is 0.621.